The van der Waals surface area contributed by atoms with Crippen LogP contribution in [0.4, 0.5) is 11.6 Å². The van der Waals surface area contributed by atoms with Gasteiger partial charge in [0.05, 0.1) is 47.1 Å². The number of hydrogen-bond acceptors (Lipinski definition) is 8. The zero-order chi connectivity index (χ0) is 31.6. The van der Waals surface area contributed by atoms with Crippen LogP contribution < -0.4 is 15.6 Å². The van der Waals surface area contributed by atoms with Crippen LogP contribution in [-0.4, -0.2) is 65.0 Å². The number of aromatic nitrogens is 2. The summed E-state index contributed by atoms with van der Waals surface area (Å²) in [5.41, 5.74) is 4.69. The van der Waals surface area contributed by atoms with E-state index in [4.69, 9.17) is 9.15 Å². The van der Waals surface area contributed by atoms with Gasteiger partial charge in [0.2, 0.25) is 6.41 Å². The molecule has 1 saturated heterocycles. The quantitative estimate of drug-likeness (QED) is 0.301. The summed E-state index contributed by atoms with van der Waals surface area (Å²) in [7, 11) is 3.38. The topological polar surface area (TPSA) is 130 Å². The van der Waals surface area contributed by atoms with E-state index in [0.717, 1.165) is 48.3 Å². The molecule has 1 amide bonds. The average Bonchev–Trinajstić information content (AvgIpc) is 3.36. The molecule has 2 aromatic carbocycles. The molecule has 4 heterocycles. The number of fused-ring (bicyclic) bond motifs is 2. The summed E-state index contributed by atoms with van der Waals surface area (Å²) in [6.07, 6.45) is 2.36. The van der Waals surface area contributed by atoms with Crippen molar-refractivity contribution in [2.24, 2.45) is 0 Å². The fraction of sp³-hybridized carbons (Fsp3) is 0.394. The minimum atomic E-state index is -1.00. The largest absolute Gasteiger partial charge is 0.478 e. The first-order chi connectivity index (χ1) is 21.0. The number of rotatable bonds is 6. The second-order valence-corrected chi connectivity index (χ2v) is 11.9. The summed E-state index contributed by atoms with van der Waals surface area (Å²) in [4.78, 5) is 38.0. The third-order valence-electron chi connectivity index (χ3n) is 8.13. The van der Waals surface area contributed by atoms with Crippen molar-refractivity contribution in [1.29, 1.82) is 0 Å². The van der Waals surface area contributed by atoms with E-state index in [0.29, 0.717) is 42.2 Å². The molecule has 2 aliphatic heterocycles. The van der Waals surface area contributed by atoms with Crippen LogP contribution in [0.15, 0.2) is 57.7 Å². The van der Waals surface area contributed by atoms with Gasteiger partial charge in [-0.2, -0.15) is 5.10 Å². The second kappa shape index (κ2) is 12.5. The van der Waals surface area contributed by atoms with Gasteiger partial charge in [0.15, 0.2) is 11.3 Å². The number of hydrogen-bond donors (Lipinski definition) is 2. The van der Waals surface area contributed by atoms with Gasteiger partial charge in [-0.1, -0.05) is 18.2 Å². The Balaban J connectivity index is 0.000000712. The Morgan fingerprint density at radius 1 is 1.14 bits per heavy atom. The van der Waals surface area contributed by atoms with Crippen molar-refractivity contribution in [3.63, 3.8) is 0 Å². The summed E-state index contributed by atoms with van der Waals surface area (Å²) in [5.74, 6) is -0.464. The van der Waals surface area contributed by atoms with Gasteiger partial charge in [-0.05, 0) is 63.4 Å². The van der Waals surface area contributed by atoms with Crippen molar-refractivity contribution < 1.29 is 23.8 Å². The van der Waals surface area contributed by atoms with E-state index in [1.165, 1.54) is 4.90 Å². The summed E-state index contributed by atoms with van der Waals surface area (Å²) < 4.78 is 14.9. The lowest BCUT2D eigenvalue weighted by Crippen LogP contribution is -2.50. The highest BCUT2D eigenvalue weighted by molar-refractivity contribution is 5.94. The summed E-state index contributed by atoms with van der Waals surface area (Å²) in [6, 6.07) is 14.0. The number of nitrogens with zero attached hydrogens (tertiary/aromatic N) is 4. The fourth-order valence-electron chi connectivity index (χ4n) is 5.84. The molecule has 11 nitrogen and oxygen atoms in total. The number of amides is 1. The fourth-order valence-corrected chi connectivity index (χ4v) is 5.84. The minimum absolute atomic E-state index is 0.0970. The lowest BCUT2D eigenvalue weighted by atomic mass is 9.90. The highest BCUT2D eigenvalue weighted by Gasteiger charge is 2.40. The van der Waals surface area contributed by atoms with Crippen LogP contribution in [0.25, 0.3) is 11.0 Å². The highest BCUT2D eigenvalue weighted by atomic mass is 16.5. The number of nitrogens with one attached hydrogen (secondary N) is 1. The number of carboxylic acid groups (broad SMARTS) is 1. The first kappa shape index (κ1) is 30.8. The molecule has 2 N–H and O–H groups in total. The zero-order valence-electron chi connectivity index (χ0n) is 25.8. The molecular weight excluding hydrogens is 562 g/mol. The number of aromatic carboxylic acids is 1. The first-order valence-corrected chi connectivity index (χ1v) is 14.7. The first-order valence-electron chi connectivity index (χ1n) is 14.7. The van der Waals surface area contributed by atoms with Gasteiger partial charge in [0.25, 0.3) is 0 Å². The normalized spacial score (nSPS) is 16.1. The monoisotopic (exact) mass is 601 g/mol. The van der Waals surface area contributed by atoms with E-state index in [2.05, 4.69) is 26.1 Å². The van der Waals surface area contributed by atoms with Gasteiger partial charge < -0.3 is 29.4 Å². The Hall–Kier alpha value is -4.64. The van der Waals surface area contributed by atoms with Crippen molar-refractivity contribution in [3.05, 3.63) is 86.8 Å². The number of para-hydroxylation sites is 1. The third-order valence-corrected chi connectivity index (χ3v) is 8.13. The molecule has 2 aliphatic rings. The molecule has 1 fully saturated rings. The van der Waals surface area contributed by atoms with Gasteiger partial charge >= 0.3 is 5.97 Å². The average molecular weight is 602 g/mol. The number of carbonyl (C=O) groups is 2. The lowest BCUT2D eigenvalue weighted by molar-refractivity contribution is -0.115. The van der Waals surface area contributed by atoms with Gasteiger partial charge in [-0.15, -0.1) is 0 Å². The van der Waals surface area contributed by atoms with Crippen LogP contribution in [0.2, 0.25) is 0 Å². The van der Waals surface area contributed by atoms with Gasteiger partial charge in [0.1, 0.15) is 5.58 Å². The van der Waals surface area contributed by atoms with Crippen molar-refractivity contribution in [1.82, 2.24) is 14.7 Å². The van der Waals surface area contributed by atoms with Crippen molar-refractivity contribution >= 4 is 34.9 Å². The molecule has 11 heteroatoms. The molecule has 0 aliphatic carbocycles. The SMILES string of the molecule is CN(C)C=O.Cc1cc(C(C)Nc2ccccc2C(=O)O)c2oc(N3CCC4(CC3)Cn3nc(C)cc3CO4)cc(=O)c2c1. The Morgan fingerprint density at radius 2 is 1.84 bits per heavy atom. The third kappa shape index (κ3) is 6.47. The van der Waals surface area contributed by atoms with Gasteiger partial charge in [-0.25, -0.2) is 4.79 Å². The number of benzene rings is 2. The molecule has 1 spiro atoms. The summed E-state index contributed by atoms with van der Waals surface area (Å²) in [6.45, 7) is 8.57. The number of carbonyl (C=O) groups excluding carboxylic acids is 1. The van der Waals surface area contributed by atoms with Crippen LogP contribution in [0.3, 0.4) is 0 Å². The predicted molar refractivity (Wildman–Crippen MR) is 168 cm³/mol. The smallest absolute Gasteiger partial charge is 0.337 e. The molecule has 2 aromatic heterocycles. The number of carboxylic acids is 1. The van der Waals surface area contributed by atoms with E-state index in [1.807, 2.05) is 32.9 Å². The molecule has 0 radical (unpaired) electrons. The Morgan fingerprint density at radius 3 is 2.52 bits per heavy atom. The van der Waals surface area contributed by atoms with Crippen LogP contribution in [0.5, 0.6) is 0 Å². The van der Waals surface area contributed by atoms with Gasteiger partial charge in [-0.3, -0.25) is 14.3 Å². The summed E-state index contributed by atoms with van der Waals surface area (Å²) >= 11 is 0. The van der Waals surface area contributed by atoms with Crippen molar-refractivity contribution in [2.75, 3.05) is 37.4 Å². The maximum atomic E-state index is 13.3. The Bertz CT molecular complexity index is 1730. The Kier molecular flexibility index (Phi) is 8.78. The summed E-state index contributed by atoms with van der Waals surface area (Å²) in [5, 5.41) is 18.1. The molecule has 4 aromatic rings. The highest BCUT2D eigenvalue weighted by Crippen LogP contribution is 2.36. The second-order valence-electron chi connectivity index (χ2n) is 11.9. The van der Waals surface area contributed by atoms with Crippen LogP contribution in [0.1, 0.15) is 58.7 Å². The van der Waals surface area contributed by atoms with E-state index in [9.17, 15) is 19.5 Å². The number of piperidine rings is 1. The molecule has 1 atom stereocenters. The van der Waals surface area contributed by atoms with E-state index >= 15 is 0 Å². The van der Waals surface area contributed by atoms with Crippen LogP contribution >= 0.6 is 0 Å². The maximum absolute atomic E-state index is 13.3. The molecule has 44 heavy (non-hydrogen) atoms. The van der Waals surface area contributed by atoms with E-state index < -0.39 is 5.97 Å². The van der Waals surface area contributed by atoms with Gasteiger partial charge in [0, 0.05) is 44.5 Å². The van der Waals surface area contributed by atoms with E-state index in [1.54, 1.807) is 44.4 Å². The number of anilines is 2. The maximum Gasteiger partial charge on any atom is 0.337 e. The number of aryl methyl sites for hydroxylation is 2. The molecule has 1 unspecified atom stereocenters. The molecule has 0 saturated carbocycles. The van der Waals surface area contributed by atoms with Crippen LogP contribution in [-0.2, 0) is 22.7 Å². The number of ether oxygens (including phenoxy) is 1. The molecular formula is C33H39N5O6. The standard InChI is InChI=1S/C30H32N4O5.C3H7NO/c1-18-12-23(20(3)31-25-7-5-4-6-22(25)29(36)37)28-24(13-18)26(35)15-27(39-28)33-10-8-30(9-11-33)17-34-21(16-38-30)14-19(2)32-34;1-4(2)3-5/h4-7,12-15,20,31H,8-11,16-17H2,1-3H3,(H,36,37);3H,1-2H3. The lowest BCUT2D eigenvalue weighted by Gasteiger charge is -2.44. The predicted octanol–water partition coefficient (Wildman–Crippen LogP) is 4.75. The Labute approximate surface area is 256 Å². The van der Waals surface area contributed by atoms with Crippen molar-refractivity contribution in [2.45, 2.75) is 58.4 Å². The van der Waals surface area contributed by atoms with E-state index in [-0.39, 0.29) is 22.6 Å². The van der Waals surface area contributed by atoms with Crippen molar-refractivity contribution in [3.8, 4) is 0 Å². The van der Waals surface area contributed by atoms with Crippen LogP contribution in [0, 0.1) is 13.8 Å². The minimum Gasteiger partial charge on any atom is -0.478 e. The molecule has 232 valence electrons. The zero-order valence-corrected chi connectivity index (χ0v) is 25.8. The molecule has 0 bridgehead atoms. The molecule has 6 rings (SSSR count).